The van der Waals surface area contributed by atoms with E-state index < -0.39 is 0 Å². The molecular weight excluding hydrogens is 240 g/mol. The van der Waals surface area contributed by atoms with Crippen molar-refractivity contribution in [3.63, 3.8) is 0 Å². The number of piperidine rings is 1. The van der Waals surface area contributed by atoms with E-state index in [4.69, 9.17) is 0 Å². The van der Waals surface area contributed by atoms with Crippen molar-refractivity contribution >= 4 is 11.8 Å². The fourth-order valence-corrected chi connectivity index (χ4v) is 4.58. The molecule has 0 spiro atoms. The summed E-state index contributed by atoms with van der Waals surface area (Å²) >= 11 is 2.04. The van der Waals surface area contributed by atoms with Gasteiger partial charge in [0.2, 0.25) is 0 Å². The first-order chi connectivity index (χ1) is 8.86. The normalized spacial score (nSPS) is 31.8. The van der Waals surface area contributed by atoms with Gasteiger partial charge in [-0.1, -0.05) is 30.3 Å². The van der Waals surface area contributed by atoms with Crippen LogP contribution in [-0.2, 0) is 6.54 Å². The molecule has 2 fully saturated rings. The van der Waals surface area contributed by atoms with E-state index in [1.54, 1.807) is 0 Å². The van der Waals surface area contributed by atoms with Crippen molar-refractivity contribution in [2.24, 2.45) is 17.8 Å². The van der Waals surface area contributed by atoms with Crippen LogP contribution in [0.3, 0.4) is 0 Å². The molecule has 2 bridgehead atoms. The minimum absolute atomic E-state index is 0.304. The monoisotopic (exact) mass is 258 g/mol. The summed E-state index contributed by atoms with van der Waals surface area (Å²) in [4.78, 5) is 2.54. The lowest BCUT2D eigenvalue weighted by Gasteiger charge is -2.44. The lowest BCUT2D eigenvalue weighted by molar-refractivity contribution is 0.0994. The van der Waals surface area contributed by atoms with Gasteiger partial charge in [-0.15, -0.1) is 0 Å². The average Bonchev–Trinajstić information content (AvgIpc) is 2.39. The molecule has 0 saturated carbocycles. The van der Waals surface area contributed by atoms with E-state index in [0.717, 1.165) is 19.6 Å². The third kappa shape index (κ3) is 2.41. The molecule has 2 atom stereocenters. The predicted molar refractivity (Wildman–Crippen MR) is 75.1 cm³/mol. The Kier molecular flexibility index (Phi) is 3.58. The summed E-state index contributed by atoms with van der Waals surface area (Å²) in [6, 6.07) is 13.2. The highest BCUT2D eigenvalue weighted by molar-refractivity contribution is 7.99. The molecular formula is C15H18N2S. The highest BCUT2D eigenvalue weighted by Crippen LogP contribution is 2.38. The van der Waals surface area contributed by atoms with Gasteiger partial charge in [0.25, 0.3) is 0 Å². The molecule has 2 nitrogen and oxygen atoms in total. The van der Waals surface area contributed by atoms with Crippen LogP contribution < -0.4 is 0 Å². The Morgan fingerprint density at radius 3 is 2.44 bits per heavy atom. The van der Waals surface area contributed by atoms with E-state index in [0.29, 0.717) is 17.8 Å². The smallest absolute Gasteiger partial charge is 0.0663 e. The van der Waals surface area contributed by atoms with Crippen LogP contribution in [-0.4, -0.2) is 29.5 Å². The Balaban J connectivity index is 1.68. The molecule has 0 aliphatic carbocycles. The van der Waals surface area contributed by atoms with Gasteiger partial charge in [0.1, 0.15) is 0 Å². The van der Waals surface area contributed by atoms with Gasteiger partial charge in [0.15, 0.2) is 0 Å². The van der Waals surface area contributed by atoms with Crippen LogP contribution in [0.4, 0.5) is 0 Å². The van der Waals surface area contributed by atoms with Crippen LogP contribution >= 0.6 is 11.8 Å². The van der Waals surface area contributed by atoms with Gasteiger partial charge in [-0.05, 0) is 28.9 Å². The van der Waals surface area contributed by atoms with Gasteiger partial charge in [-0.25, -0.2) is 0 Å². The highest BCUT2D eigenvalue weighted by Gasteiger charge is 2.39. The third-order valence-corrected chi connectivity index (χ3v) is 5.39. The summed E-state index contributed by atoms with van der Waals surface area (Å²) in [7, 11) is 0. The van der Waals surface area contributed by atoms with Crippen molar-refractivity contribution in [3.05, 3.63) is 35.9 Å². The summed E-state index contributed by atoms with van der Waals surface area (Å²) in [5.41, 5.74) is 1.39. The molecule has 2 heterocycles. The zero-order valence-electron chi connectivity index (χ0n) is 10.5. The number of likely N-dealkylation sites (tertiary alicyclic amines) is 1. The largest absolute Gasteiger partial charge is 0.298 e. The maximum absolute atomic E-state index is 9.30. The molecule has 0 N–H and O–H groups in total. The van der Waals surface area contributed by atoms with Crippen molar-refractivity contribution in [2.45, 2.75) is 6.54 Å². The standard InChI is InChI=1S/C15H18N2S/c16-6-15-13-8-17(9-14(15)11-18-10-13)7-12-4-2-1-3-5-12/h1-5,13-15H,7-11H2. The van der Waals surface area contributed by atoms with Gasteiger partial charge in [0, 0.05) is 19.6 Å². The summed E-state index contributed by atoms with van der Waals surface area (Å²) in [6.07, 6.45) is 0. The van der Waals surface area contributed by atoms with Crippen LogP contribution in [0.2, 0.25) is 0 Å². The Morgan fingerprint density at radius 2 is 1.83 bits per heavy atom. The summed E-state index contributed by atoms with van der Waals surface area (Å²) in [5.74, 6) is 3.80. The van der Waals surface area contributed by atoms with E-state index >= 15 is 0 Å². The van der Waals surface area contributed by atoms with Gasteiger partial charge in [0.05, 0.1) is 12.0 Å². The van der Waals surface area contributed by atoms with Crippen LogP contribution in [0.5, 0.6) is 0 Å². The third-order valence-electron chi connectivity index (χ3n) is 4.06. The molecule has 18 heavy (non-hydrogen) atoms. The van der Waals surface area contributed by atoms with Crippen LogP contribution in [0.15, 0.2) is 30.3 Å². The van der Waals surface area contributed by atoms with Crippen LogP contribution in [0.1, 0.15) is 5.56 Å². The number of rotatable bonds is 2. The SMILES string of the molecule is N#CC1C2CSCC1CN(Cc1ccccc1)C2. The summed E-state index contributed by atoms with van der Waals surface area (Å²) < 4.78 is 0. The van der Waals surface area contributed by atoms with Gasteiger partial charge >= 0.3 is 0 Å². The Morgan fingerprint density at radius 1 is 1.17 bits per heavy atom. The Labute approximate surface area is 113 Å². The van der Waals surface area contributed by atoms with Crippen molar-refractivity contribution < 1.29 is 0 Å². The van der Waals surface area contributed by atoms with Crippen molar-refractivity contribution in [2.75, 3.05) is 24.6 Å². The van der Waals surface area contributed by atoms with E-state index in [1.165, 1.54) is 17.1 Å². The molecule has 2 unspecified atom stereocenters. The fourth-order valence-electron chi connectivity index (χ4n) is 3.21. The van der Waals surface area contributed by atoms with Crippen molar-refractivity contribution in [3.8, 4) is 6.07 Å². The van der Waals surface area contributed by atoms with E-state index in [-0.39, 0.29) is 0 Å². The minimum atomic E-state index is 0.304. The minimum Gasteiger partial charge on any atom is -0.298 e. The number of nitriles is 1. The second-order valence-electron chi connectivity index (χ2n) is 5.39. The maximum Gasteiger partial charge on any atom is 0.0663 e. The molecule has 2 aliphatic rings. The molecule has 1 aromatic carbocycles. The van der Waals surface area contributed by atoms with Crippen molar-refractivity contribution in [1.82, 2.24) is 4.90 Å². The zero-order chi connectivity index (χ0) is 12.4. The highest BCUT2D eigenvalue weighted by atomic mass is 32.2. The van der Waals surface area contributed by atoms with Gasteiger partial charge < -0.3 is 0 Å². The molecule has 1 aromatic rings. The average molecular weight is 258 g/mol. The molecule has 3 rings (SSSR count). The quantitative estimate of drug-likeness (QED) is 0.816. The van der Waals surface area contributed by atoms with Crippen LogP contribution in [0, 0.1) is 29.1 Å². The predicted octanol–water partition coefficient (Wildman–Crippen LogP) is 2.62. The van der Waals surface area contributed by atoms with Crippen LogP contribution in [0.25, 0.3) is 0 Å². The lowest BCUT2D eigenvalue weighted by Crippen LogP contribution is -2.49. The number of benzene rings is 1. The number of fused-ring (bicyclic) bond motifs is 2. The molecule has 3 heteroatoms. The van der Waals surface area contributed by atoms with E-state index in [9.17, 15) is 5.26 Å². The number of hydrogen-bond donors (Lipinski definition) is 0. The molecule has 2 aliphatic heterocycles. The van der Waals surface area contributed by atoms with Gasteiger partial charge in [-0.2, -0.15) is 17.0 Å². The number of hydrogen-bond acceptors (Lipinski definition) is 3. The first-order valence-electron chi connectivity index (χ1n) is 6.60. The van der Waals surface area contributed by atoms with Gasteiger partial charge in [-0.3, -0.25) is 4.90 Å². The first-order valence-corrected chi connectivity index (χ1v) is 7.76. The molecule has 0 radical (unpaired) electrons. The number of thioether (sulfide) groups is 1. The second kappa shape index (κ2) is 5.34. The summed E-state index contributed by atoms with van der Waals surface area (Å²) in [5, 5.41) is 9.30. The fraction of sp³-hybridized carbons (Fsp3) is 0.533. The zero-order valence-corrected chi connectivity index (χ0v) is 11.3. The second-order valence-corrected chi connectivity index (χ2v) is 6.47. The number of nitrogens with zero attached hydrogens (tertiary/aromatic N) is 2. The summed E-state index contributed by atoms with van der Waals surface area (Å²) in [6.45, 7) is 3.23. The molecule has 0 aromatic heterocycles. The topological polar surface area (TPSA) is 27.0 Å². The first kappa shape index (κ1) is 12.1. The molecule has 0 amide bonds. The molecule has 94 valence electrons. The van der Waals surface area contributed by atoms with E-state index in [2.05, 4.69) is 41.3 Å². The van der Waals surface area contributed by atoms with E-state index in [1.807, 2.05) is 11.8 Å². The van der Waals surface area contributed by atoms with Crippen molar-refractivity contribution in [1.29, 1.82) is 5.26 Å². The molecule has 2 saturated heterocycles. The lowest BCUT2D eigenvalue weighted by atomic mass is 9.80. The maximum atomic E-state index is 9.30. The Hall–Kier alpha value is -0.980. The Bertz CT molecular complexity index is 426.